The highest BCUT2D eigenvalue weighted by Gasteiger charge is 2.72. The van der Waals surface area contributed by atoms with E-state index in [9.17, 15) is 0 Å². The summed E-state index contributed by atoms with van der Waals surface area (Å²) in [4.78, 5) is 0. The van der Waals surface area contributed by atoms with Crippen LogP contribution in [0.3, 0.4) is 0 Å². The van der Waals surface area contributed by atoms with Gasteiger partial charge >= 0.3 is 0 Å². The van der Waals surface area contributed by atoms with Crippen LogP contribution in [0, 0.1) is 23.2 Å². The first-order chi connectivity index (χ1) is 5.81. The SMILES string of the molecule is IN1SCC23CC4C[C@H]2CC4[C@H]13. The topological polar surface area (TPSA) is 3.24 Å². The molecule has 1 aliphatic heterocycles. The molecule has 4 aliphatic carbocycles. The number of halogens is 1. The van der Waals surface area contributed by atoms with Crippen LogP contribution in [-0.2, 0) is 0 Å². The molecule has 5 aliphatic rings. The average molecular weight is 293 g/mol. The summed E-state index contributed by atoms with van der Waals surface area (Å²) in [6.07, 6.45) is 4.75. The van der Waals surface area contributed by atoms with Crippen molar-refractivity contribution in [1.82, 2.24) is 2.52 Å². The molecule has 0 amide bonds. The molecular formula is C9H12INS. The van der Waals surface area contributed by atoms with Crippen LogP contribution in [0.5, 0.6) is 0 Å². The predicted molar refractivity (Wildman–Crippen MR) is 58.9 cm³/mol. The normalized spacial score (nSPS) is 66.8. The molecule has 1 nitrogen and oxygen atoms in total. The van der Waals surface area contributed by atoms with E-state index in [2.05, 4.69) is 37.3 Å². The van der Waals surface area contributed by atoms with Gasteiger partial charge in [-0.3, -0.25) is 0 Å². The molecule has 0 radical (unpaired) electrons. The number of nitrogens with zero attached hydrogens (tertiary/aromatic N) is 1. The lowest BCUT2D eigenvalue weighted by atomic mass is 9.80. The van der Waals surface area contributed by atoms with E-state index in [0.717, 1.165) is 29.2 Å². The van der Waals surface area contributed by atoms with Crippen molar-refractivity contribution in [3.05, 3.63) is 0 Å². The van der Waals surface area contributed by atoms with Crippen LogP contribution >= 0.6 is 34.8 Å². The van der Waals surface area contributed by atoms with Crippen LogP contribution < -0.4 is 0 Å². The molecule has 1 heterocycles. The summed E-state index contributed by atoms with van der Waals surface area (Å²) in [5.74, 6) is 4.81. The monoisotopic (exact) mass is 293 g/mol. The van der Waals surface area contributed by atoms with Crippen molar-refractivity contribution >= 4 is 34.8 Å². The summed E-state index contributed by atoms with van der Waals surface area (Å²) < 4.78 is 2.56. The summed E-state index contributed by atoms with van der Waals surface area (Å²) in [6, 6.07) is 0.979. The highest BCUT2D eigenvalue weighted by molar-refractivity contribution is 14.1. The van der Waals surface area contributed by atoms with Gasteiger partial charge < -0.3 is 0 Å². The molecular weight excluding hydrogens is 281 g/mol. The largest absolute Gasteiger partial charge is 0.187 e. The molecule has 3 unspecified atom stereocenters. The zero-order valence-electron chi connectivity index (χ0n) is 6.87. The van der Waals surface area contributed by atoms with Gasteiger partial charge in [0.1, 0.15) is 0 Å². The van der Waals surface area contributed by atoms with Gasteiger partial charge in [-0.25, -0.2) is 0 Å². The molecule has 3 heteroatoms. The van der Waals surface area contributed by atoms with E-state index in [1.807, 2.05) is 0 Å². The lowest BCUT2D eigenvalue weighted by Gasteiger charge is -2.28. The van der Waals surface area contributed by atoms with Gasteiger partial charge in [-0.15, -0.1) is 0 Å². The van der Waals surface area contributed by atoms with E-state index in [4.69, 9.17) is 0 Å². The Morgan fingerprint density at radius 1 is 1.42 bits per heavy atom. The van der Waals surface area contributed by atoms with Gasteiger partial charge in [0.25, 0.3) is 0 Å². The summed E-state index contributed by atoms with van der Waals surface area (Å²) in [5, 5.41) is 0. The molecule has 0 N–H and O–H groups in total. The number of rotatable bonds is 0. The Morgan fingerprint density at radius 3 is 3.00 bits per heavy atom. The fraction of sp³-hybridized carbons (Fsp3) is 1.00. The van der Waals surface area contributed by atoms with Crippen LogP contribution in [-0.4, -0.2) is 14.3 Å². The van der Waals surface area contributed by atoms with Gasteiger partial charge in [-0.2, -0.15) is 2.52 Å². The average Bonchev–Trinajstić information content (AvgIpc) is 2.69. The Morgan fingerprint density at radius 2 is 2.33 bits per heavy atom. The fourth-order valence-corrected chi connectivity index (χ4v) is 7.37. The lowest BCUT2D eigenvalue weighted by molar-refractivity contribution is 0.240. The van der Waals surface area contributed by atoms with Crippen molar-refractivity contribution in [2.24, 2.45) is 23.2 Å². The quantitative estimate of drug-likeness (QED) is 0.384. The third-order valence-electron chi connectivity index (χ3n) is 4.87. The van der Waals surface area contributed by atoms with E-state index in [1.165, 1.54) is 5.75 Å². The Balaban J connectivity index is 1.89. The summed E-state index contributed by atoms with van der Waals surface area (Å²) in [6.45, 7) is 0. The van der Waals surface area contributed by atoms with Crippen molar-refractivity contribution in [1.29, 1.82) is 0 Å². The third-order valence-corrected chi connectivity index (χ3v) is 7.45. The van der Waals surface area contributed by atoms with Crippen LogP contribution in [0.25, 0.3) is 0 Å². The molecule has 4 bridgehead atoms. The maximum atomic E-state index is 2.56. The van der Waals surface area contributed by atoms with E-state index < -0.39 is 0 Å². The Bertz CT molecular complexity index is 259. The molecule has 1 saturated heterocycles. The molecule has 0 aromatic heterocycles. The van der Waals surface area contributed by atoms with E-state index >= 15 is 0 Å². The van der Waals surface area contributed by atoms with Crippen LogP contribution in [0.2, 0.25) is 0 Å². The maximum Gasteiger partial charge on any atom is 0.0404 e. The van der Waals surface area contributed by atoms with Crippen molar-refractivity contribution in [2.75, 3.05) is 5.75 Å². The third kappa shape index (κ3) is 0.574. The zero-order chi connectivity index (χ0) is 7.92. The van der Waals surface area contributed by atoms with Crippen molar-refractivity contribution < 1.29 is 0 Å². The summed E-state index contributed by atoms with van der Waals surface area (Å²) in [7, 11) is 0. The van der Waals surface area contributed by atoms with Crippen molar-refractivity contribution in [3.63, 3.8) is 0 Å². The van der Waals surface area contributed by atoms with Gasteiger partial charge in [0, 0.05) is 40.1 Å². The standard InChI is InChI=1S/C9H12INS/c10-11-8-7-2-6-1-5(7)3-9(6,8)4-12-11/h5-8H,1-4H2/t5?,6-,7?,8-,9?/m0/s1. The van der Waals surface area contributed by atoms with E-state index in [0.29, 0.717) is 0 Å². The van der Waals surface area contributed by atoms with Gasteiger partial charge in [0.15, 0.2) is 0 Å². The van der Waals surface area contributed by atoms with Gasteiger partial charge in [0.2, 0.25) is 0 Å². The lowest BCUT2D eigenvalue weighted by Crippen LogP contribution is -2.33. The molecule has 12 heavy (non-hydrogen) atoms. The second kappa shape index (κ2) is 2.01. The predicted octanol–water partition coefficient (Wildman–Crippen LogP) is 2.71. The highest BCUT2D eigenvalue weighted by Crippen LogP contribution is 2.75. The number of hydrogen-bond donors (Lipinski definition) is 0. The van der Waals surface area contributed by atoms with Gasteiger partial charge in [0.05, 0.1) is 0 Å². The number of hydrogen-bond acceptors (Lipinski definition) is 2. The summed E-state index contributed by atoms with van der Waals surface area (Å²) in [5.41, 5.74) is 0.807. The molecule has 0 aromatic carbocycles. The molecule has 5 fully saturated rings. The molecule has 0 aromatic rings. The second-order valence-corrected chi connectivity index (χ2v) is 7.65. The van der Waals surface area contributed by atoms with Gasteiger partial charge in [-0.1, -0.05) is 11.9 Å². The first-order valence-corrected chi connectivity index (χ1v) is 6.80. The highest BCUT2D eigenvalue weighted by atomic mass is 127. The van der Waals surface area contributed by atoms with Crippen LogP contribution in [0.1, 0.15) is 19.3 Å². The van der Waals surface area contributed by atoms with Crippen LogP contribution in [0.4, 0.5) is 0 Å². The molecule has 1 spiro atoms. The molecule has 5 rings (SSSR count). The Kier molecular flexibility index (Phi) is 1.23. The van der Waals surface area contributed by atoms with Crippen LogP contribution in [0.15, 0.2) is 0 Å². The zero-order valence-corrected chi connectivity index (χ0v) is 9.85. The fourth-order valence-electron chi connectivity index (χ4n) is 4.57. The van der Waals surface area contributed by atoms with E-state index in [-0.39, 0.29) is 0 Å². The maximum absolute atomic E-state index is 2.56. The van der Waals surface area contributed by atoms with Crippen molar-refractivity contribution in [2.45, 2.75) is 25.3 Å². The van der Waals surface area contributed by atoms with E-state index in [1.54, 1.807) is 19.3 Å². The smallest absolute Gasteiger partial charge is 0.0404 e. The first-order valence-electron chi connectivity index (χ1n) is 4.89. The Hall–Kier alpha value is 1.04. The van der Waals surface area contributed by atoms with Crippen molar-refractivity contribution in [3.8, 4) is 0 Å². The molecule has 66 valence electrons. The molecule has 4 saturated carbocycles. The first kappa shape index (κ1) is 7.35. The Labute approximate surface area is 91.3 Å². The minimum absolute atomic E-state index is 0.807. The molecule has 5 atom stereocenters. The second-order valence-electron chi connectivity index (χ2n) is 5.02. The van der Waals surface area contributed by atoms with Gasteiger partial charge in [-0.05, 0) is 37.0 Å². The minimum Gasteiger partial charge on any atom is -0.187 e. The minimum atomic E-state index is 0.807. The summed E-state index contributed by atoms with van der Waals surface area (Å²) >= 11 is 4.63.